The van der Waals surface area contributed by atoms with E-state index in [1.54, 1.807) is 18.2 Å². The molecule has 0 atom stereocenters. The average molecular weight is 346 g/mol. The van der Waals surface area contributed by atoms with Crippen LogP contribution in [0.15, 0.2) is 53.3 Å². The normalized spacial score (nSPS) is 13.2. The van der Waals surface area contributed by atoms with Gasteiger partial charge in [-0.3, -0.25) is 4.79 Å². The van der Waals surface area contributed by atoms with E-state index >= 15 is 0 Å². The van der Waals surface area contributed by atoms with Gasteiger partial charge in [0, 0.05) is 0 Å². The SMILES string of the molecule is O=c1c(=Cc2ccccc2C(F)(F)F)sc2nc3ccccc3n12. The number of hydrogen-bond donors (Lipinski definition) is 0. The number of aromatic nitrogens is 2. The summed E-state index contributed by atoms with van der Waals surface area (Å²) in [5, 5.41) is 0. The molecule has 24 heavy (non-hydrogen) atoms. The zero-order chi connectivity index (χ0) is 16.9. The molecule has 4 aromatic rings. The lowest BCUT2D eigenvalue weighted by atomic mass is 10.1. The molecule has 2 aromatic heterocycles. The predicted molar refractivity (Wildman–Crippen MR) is 87.1 cm³/mol. The van der Waals surface area contributed by atoms with Crippen molar-refractivity contribution in [1.29, 1.82) is 0 Å². The van der Waals surface area contributed by atoms with Crippen LogP contribution in [0.5, 0.6) is 0 Å². The van der Waals surface area contributed by atoms with Crippen LogP contribution in [0.25, 0.3) is 22.1 Å². The van der Waals surface area contributed by atoms with Crippen LogP contribution in [0, 0.1) is 0 Å². The van der Waals surface area contributed by atoms with Gasteiger partial charge in [-0.25, -0.2) is 9.38 Å². The highest BCUT2D eigenvalue weighted by molar-refractivity contribution is 7.15. The van der Waals surface area contributed by atoms with Gasteiger partial charge in [-0.2, -0.15) is 13.2 Å². The van der Waals surface area contributed by atoms with Crippen molar-refractivity contribution in [2.45, 2.75) is 6.18 Å². The quantitative estimate of drug-likeness (QED) is 0.529. The molecular formula is C17H9F3N2OS. The second-order valence-corrected chi connectivity index (χ2v) is 6.23. The van der Waals surface area contributed by atoms with Crippen molar-refractivity contribution in [1.82, 2.24) is 9.38 Å². The predicted octanol–water partition coefficient (Wildman–Crippen LogP) is 3.48. The fraction of sp³-hybridized carbons (Fsp3) is 0.0588. The van der Waals surface area contributed by atoms with Gasteiger partial charge in [-0.1, -0.05) is 41.7 Å². The van der Waals surface area contributed by atoms with Gasteiger partial charge in [0.05, 0.1) is 21.1 Å². The van der Waals surface area contributed by atoms with Gasteiger partial charge in [0.15, 0.2) is 4.96 Å². The summed E-state index contributed by atoms with van der Waals surface area (Å²) in [6, 6.07) is 12.3. The molecule has 0 amide bonds. The van der Waals surface area contributed by atoms with Gasteiger partial charge in [-0.15, -0.1) is 0 Å². The average Bonchev–Trinajstić information content (AvgIpc) is 3.04. The molecule has 4 rings (SSSR count). The number of imidazole rings is 1. The van der Waals surface area contributed by atoms with Crippen molar-refractivity contribution in [3.8, 4) is 0 Å². The fourth-order valence-electron chi connectivity index (χ4n) is 2.63. The zero-order valence-corrected chi connectivity index (χ0v) is 12.9. The standard InChI is InChI=1S/C17H9F3N2OS/c18-17(19,20)11-6-2-1-5-10(11)9-14-15(23)22-13-8-4-3-7-12(13)21-16(22)24-14/h1-9H. The van der Waals surface area contributed by atoms with E-state index in [2.05, 4.69) is 4.98 Å². The van der Waals surface area contributed by atoms with Crippen LogP contribution >= 0.6 is 11.3 Å². The molecule has 0 N–H and O–H groups in total. The molecule has 2 heterocycles. The number of fused-ring (bicyclic) bond motifs is 3. The number of benzene rings is 2. The molecule has 0 saturated heterocycles. The Kier molecular flexibility index (Phi) is 3.21. The molecule has 2 aromatic carbocycles. The zero-order valence-electron chi connectivity index (χ0n) is 12.0. The minimum atomic E-state index is -4.47. The van der Waals surface area contributed by atoms with Gasteiger partial charge >= 0.3 is 6.18 Å². The number of halogens is 3. The second-order valence-electron chi connectivity index (χ2n) is 5.22. The summed E-state index contributed by atoms with van der Waals surface area (Å²) in [5.74, 6) is 0. The minimum absolute atomic E-state index is 0.0316. The van der Waals surface area contributed by atoms with Crippen LogP contribution in [-0.4, -0.2) is 9.38 Å². The van der Waals surface area contributed by atoms with Crippen molar-refractivity contribution in [3.05, 3.63) is 74.5 Å². The number of alkyl halides is 3. The van der Waals surface area contributed by atoms with Gasteiger partial charge in [0.25, 0.3) is 5.56 Å². The fourth-order valence-corrected chi connectivity index (χ4v) is 3.61. The third-order valence-corrected chi connectivity index (χ3v) is 4.67. The van der Waals surface area contributed by atoms with E-state index in [0.29, 0.717) is 16.0 Å². The van der Waals surface area contributed by atoms with E-state index in [1.807, 2.05) is 6.07 Å². The number of rotatable bonds is 1. The summed E-state index contributed by atoms with van der Waals surface area (Å²) < 4.78 is 40.9. The van der Waals surface area contributed by atoms with E-state index in [-0.39, 0.29) is 15.7 Å². The third-order valence-electron chi connectivity index (χ3n) is 3.70. The molecule has 0 spiro atoms. The van der Waals surface area contributed by atoms with E-state index in [9.17, 15) is 18.0 Å². The maximum absolute atomic E-state index is 13.1. The van der Waals surface area contributed by atoms with Crippen LogP contribution in [0.3, 0.4) is 0 Å². The van der Waals surface area contributed by atoms with Crippen LogP contribution in [0.1, 0.15) is 11.1 Å². The smallest absolute Gasteiger partial charge is 0.267 e. The van der Waals surface area contributed by atoms with Crippen molar-refractivity contribution >= 4 is 33.4 Å². The topological polar surface area (TPSA) is 34.4 Å². The molecule has 0 bridgehead atoms. The van der Waals surface area contributed by atoms with Gasteiger partial charge in [0.1, 0.15) is 0 Å². The Bertz CT molecular complexity index is 1170. The maximum atomic E-state index is 13.1. The summed E-state index contributed by atoms with van der Waals surface area (Å²) in [5.41, 5.74) is 0.178. The second kappa shape index (κ2) is 5.17. The monoisotopic (exact) mass is 346 g/mol. The summed E-state index contributed by atoms with van der Waals surface area (Å²) in [6.45, 7) is 0. The summed E-state index contributed by atoms with van der Waals surface area (Å²) >= 11 is 1.08. The number of nitrogens with zero attached hydrogens (tertiary/aromatic N) is 2. The van der Waals surface area contributed by atoms with E-state index in [4.69, 9.17) is 0 Å². The molecule has 0 aliphatic rings. The highest BCUT2D eigenvalue weighted by Gasteiger charge is 2.32. The lowest BCUT2D eigenvalue weighted by molar-refractivity contribution is -0.137. The highest BCUT2D eigenvalue weighted by atomic mass is 32.1. The molecular weight excluding hydrogens is 337 g/mol. The molecule has 0 aliphatic heterocycles. The first kappa shape index (κ1) is 14.9. The van der Waals surface area contributed by atoms with Crippen molar-refractivity contribution < 1.29 is 13.2 Å². The maximum Gasteiger partial charge on any atom is 0.416 e. The van der Waals surface area contributed by atoms with Crippen molar-refractivity contribution in [2.24, 2.45) is 0 Å². The lowest BCUT2D eigenvalue weighted by Gasteiger charge is -2.09. The van der Waals surface area contributed by atoms with Crippen molar-refractivity contribution in [3.63, 3.8) is 0 Å². The van der Waals surface area contributed by atoms with Gasteiger partial charge in [-0.05, 0) is 29.8 Å². The summed E-state index contributed by atoms with van der Waals surface area (Å²) in [4.78, 5) is 17.4. The lowest BCUT2D eigenvalue weighted by Crippen LogP contribution is -2.23. The first-order valence-electron chi connectivity index (χ1n) is 7.03. The summed E-state index contributed by atoms with van der Waals surface area (Å²) in [6.07, 6.45) is -3.19. The van der Waals surface area contributed by atoms with E-state index in [1.165, 1.54) is 28.7 Å². The molecule has 3 nitrogen and oxygen atoms in total. The Balaban J connectivity index is 2.00. The Hall–Kier alpha value is -2.67. The number of thiazole rings is 1. The number of para-hydroxylation sites is 2. The molecule has 0 radical (unpaired) electrons. The first-order valence-corrected chi connectivity index (χ1v) is 7.85. The Labute approximate surface area is 137 Å². The Morgan fingerprint density at radius 1 is 1.04 bits per heavy atom. The molecule has 120 valence electrons. The molecule has 0 fully saturated rings. The van der Waals surface area contributed by atoms with E-state index in [0.717, 1.165) is 17.4 Å². The highest BCUT2D eigenvalue weighted by Crippen LogP contribution is 2.32. The third kappa shape index (κ3) is 2.28. The van der Waals surface area contributed by atoms with E-state index < -0.39 is 11.7 Å². The Morgan fingerprint density at radius 3 is 2.54 bits per heavy atom. The largest absolute Gasteiger partial charge is 0.416 e. The molecule has 0 unspecified atom stereocenters. The molecule has 7 heteroatoms. The van der Waals surface area contributed by atoms with Crippen LogP contribution in [-0.2, 0) is 6.18 Å². The number of hydrogen-bond acceptors (Lipinski definition) is 3. The van der Waals surface area contributed by atoms with Gasteiger partial charge in [0.2, 0.25) is 0 Å². The summed E-state index contributed by atoms with van der Waals surface area (Å²) in [7, 11) is 0. The Morgan fingerprint density at radius 2 is 1.75 bits per heavy atom. The van der Waals surface area contributed by atoms with Crippen molar-refractivity contribution in [2.75, 3.05) is 0 Å². The van der Waals surface area contributed by atoms with Crippen LogP contribution in [0.4, 0.5) is 13.2 Å². The molecule has 0 aliphatic carbocycles. The van der Waals surface area contributed by atoms with Crippen LogP contribution < -0.4 is 10.1 Å². The van der Waals surface area contributed by atoms with Gasteiger partial charge < -0.3 is 0 Å². The molecule has 0 saturated carbocycles. The van der Waals surface area contributed by atoms with Crippen LogP contribution in [0.2, 0.25) is 0 Å². The minimum Gasteiger partial charge on any atom is -0.267 e. The first-order chi connectivity index (χ1) is 11.4.